The molecule has 1 aromatic carbocycles. The summed E-state index contributed by atoms with van der Waals surface area (Å²) in [5.74, 6) is 0.226. The Morgan fingerprint density at radius 1 is 1.47 bits per heavy atom. The topological polar surface area (TPSA) is 54.3 Å². The van der Waals surface area contributed by atoms with Gasteiger partial charge in [-0.3, -0.25) is 4.79 Å². The van der Waals surface area contributed by atoms with E-state index in [1.165, 1.54) is 0 Å². The Morgan fingerprint density at radius 2 is 2.37 bits per heavy atom. The van der Waals surface area contributed by atoms with Crippen LogP contribution in [0.25, 0.3) is 11.0 Å². The largest absolute Gasteiger partial charge is 0.450 e. The normalized spacial score (nSPS) is 19.5. The predicted molar refractivity (Wildman–Crippen MR) is 77.3 cm³/mol. The third-order valence-electron chi connectivity index (χ3n) is 3.35. The molecule has 0 radical (unpaired) electrons. The lowest BCUT2D eigenvalue weighted by molar-refractivity contribution is 0.0904. The number of nitrogens with one attached hydrogen (secondary N) is 2. The molecule has 0 aliphatic carbocycles. The van der Waals surface area contributed by atoms with E-state index in [1.54, 1.807) is 6.07 Å². The van der Waals surface area contributed by atoms with Crippen LogP contribution >= 0.6 is 15.9 Å². The number of para-hydroxylation sites is 1. The second kappa shape index (κ2) is 5.35. The number of amides is 1. The van der Waals surface area contributed by atoms with E-state index in [4.69, 9.17) is 4.42 Å². The van der Waals surface area contributed by atoms with Crippen molar-refractivity contribution < 1.29 is 9.21 Å². The molecule has 2 aromatic rings. The molecule has 3 rings (SSSR count). The van der Waals surface area contributed by atoms with E-state index in [0.29, 0.717) is 5.76 Å². The Balaban J connectivity index is 1.79. The highest BCUT2D eigenvalue weighted by molar-refractivity contribution is 9.10. The molecule has 1 aromatic heterocycles. The Bertz CT molecular complexity index is 603. The van der Waals surface area contributed by atoms with E-state index in [9.17, 15) is 4.79 Å². The van der Waals surface area contributed by atoms with Gasteiger partial charge in [-0.2, -0.15) is 0 Å². The highest BCUT2D eigenvalue weighted by atomic mass is 79.9. The first-order chi connectivity index (χ1) is 9.24. The molecule has 1 saturated heterocycles. The van der Waals surface area contributed by atoms with Crippen LogP contribution < -0.4 is 10.6 Å². The third kappa shape index (κ3) is 2.67. The van der Waals surface area contributed by atoms with Gasteiger partial charge in [0, 0.05) is 18.0 Å². The van der Waals surface area contributed by atoms with Crippen LogP contribution in [-0.2, 0) is 0 Å². The highest BCUT2D eigenvalue weighted by Gasteiger charge is 2.19. The zero-order chi connectivity index (χ0) is 13.2. The van der Waals surface area contributed by atoms with Gasteiger partial charge in [0.2, 0.25) is 0 Å². The molecule has 2 N–H and O–H groups in total. The van der Waals surface area contributed by atoms with E-state index in [2.05, 4.69) is 26.6 Å². The first-order valence-electron chi connectivity index (χ1n) is 6.44. The van der Waals surface area contributed by atoms with Crippen LogP contribution in [0.3, 0.4) is 0 Å². The molecule has 0 bridgehead atoms. The van der Waals surface area contributed by atoms with Crippen LogP contribution in [0, 0.1) is 0 Å². The summed E-state index contributed by atoms with van der Waals surface area (Å²) in [4.78, 5) is 12.1. The summed E-state index contributed by atoms with van der Waals surface area (Å²) >= 11 is 3.42. The van der Waals surface area contributed by atoms with Crippen LogP contribution in [0.15, 0.2) is 33.2 Å². The molecular formula is C14H15BrN2O2. The lowest BCUT2D eigenvalue weighted by Crippen LogP contribution is -2.45. The van der Waals surface area contributed by atoms with Gasteiger partial charge < -0.3 is 15.1 Å². The molecule has 1 atom stereocenters. The number of piperidine rings is 1. The maximum absolute atomic E-state index is 12.1. The molecule has 2 heterocycles. The van der Waals surface area contributed by atoms with Crippen molar-refractivity contribution >= 4 is 32.8 Å². The average molecular weight is 323 g/mol. The molecule has 0 unspecified atom stereocenters. The Hall–Kier alpha value is -1.33. The number of carbonyl (C=O) groups is 1. The summed E-state index contributed by atoms with van der Waals surface area (Å²) in [6, 6.07) is 7.74. The molecule has 19 heavy (non-hydrogen) atoms. The summed E-state index contributed by atoms with van der Waals surface area (Å²) in [7, 11) is 0. The van der Waals surface area contributed by atoms with Crippen LogP contribution in [0.5, 0.6) is 0 Å². The van der Waals surface area contributed by atoms with Crippen molar-refractivity contribution in [3.05, 3.63) is 34.5 Å². The van der Waals surface area contributed by atoms with E-state index < -0.39 is 0 Å². The molecule has 100 valence electrons. The minimum Gasteiger partial charge on any atom is -0.450 e. The molecule has 0 spiro atoms. The minimum atomic E-state index is -0.142. The fraction of sp³-hybridized carbons (Fsp3) is 0.357. The number of carbonyl (C=O) groups excluding carboxylic acids is 1. The van der Waals surface area contributed by atoms with Crippen molar-refractivity contribution in [3.63, 3.8) is 0 Å². The monoisotopic (exact) mass is 322 g/mol. The number of halogens is 1. The van der Waals surface area contributed by atoms with E-state index in [-0.39, 0.29) is 11.9 Å². The first-order valence-corrected chi connectivity index (χ1v) is 7.23. The van der Waals surface area contributed by atoms with Gasteiger partial charge in [0.05, 0.1) is 4.47 Å². The van der Waals surface area contributed by atoms with Crippen molar-refractivity contribution in [2.75, 3.05) is 13.1 Å². The molecule has 0 saturated carbocycles. The zero-order valence-electron chi connectivity index (χ0n) is 10.4. The van der Waals surface area contributed by atoms with Crippen molar-refractivity contribution in [1.82, 2.24) is 10.6 Å². The summed E-state index contributed by atoms with van der Waals surface area (Å²) in [6.45, 7) is 1.86. The number of hydrogen-bond acceptors (Lipinski definition) is 3. The lowest BCUT2D eigenvalue weighted by Gasteiger charge is -2.23. The van der Waals surface area contributed by atoms with E-state index >= 15 is 0 Å². The average Bonchev–Trinajstić information content (AvgIpc) is 2.85. The van der Waals surface area contributed by atoms with Gasteiger partial charge >= 0.3 is 0 Å². The fourth-order valence-corrected chi connectivity index (χ4v) is 2.83. The summed E-state index contributed by atoms with van der Waals surface area (Å²) < 4.78 is 6.49. The SMILES string of the molecule is O=C(N[C@@H]1CCCNC1)c1cc2cccc(Br)c2o1. The van der Waals surface area contributed by atoms with Gasteiger partial charge in [-0.15, -0.1) is 0 Å². The van der Waals surface area contributed by atoms with Crippen LogP contribution in [-0.4, -0.2) is 25.0 Å². The number of rotatable bonds is 2. The maximum atomic E-state index is 12.1. The van der Waals surface area contributed by atoms with Crippen molar-refractivity contribution in [2.24, 2.45) is 0 Å². The molecular weight excluding hydrogens is 308 g/mol. The Kier molecular flexibility index (Phi) is 3.57. The minimum absolute atomic E-state index is 0.142. The number of fused-ring (bicyclic) bond motifs is 1. The molecule has 1 fully saturated rings. The standard InChI is InChI=1S/C14H15BrN2O2/c15-11-5-1-3-9-7-12(19-13(9)11)14(18)17-10-4-2-6-16-8-10/h1,3,5,7,10,16H,2,4,6,8H2,(H,17,18)/t10-/m1/s1. The number of furan rings is 1. The summed E-state index contributed by atoms with van der Waals surface area (Å²) in [5, 5.41) is 7.21. The zero-order valence-corrected chi connectivity index (χ0v) is 12.0. The lowest BCUT2D eigenvalue weighted by atomic mass is 10.1. The van der Waals surface area contributed by atoms with E-state index in [1.807, 2.05) is 18.2 Å². The molecule has 1 amide bonds. The molecule has 1 aliphatic heterocycles. The van der Waals surface area contributed by atoms with Crippen LogP contribution in [0.2, 0.25) is 0 Å². The summed E-state index contributed by atoms with van der Waals surface area (Å²) in [5.41, 5.74) is 0.717. The quantitative estimate of drug-likeness (QED) is 0.893. The van der Waals surface area contributed by atoms with Crippen molar-refractivity contribution in [1.29, 1.82) is 0 Å². The molecule has 5 heteroatoms. The number of benzene rings is 1. The molecule has 4 nitrogen and oxygen atoms in total. The summed E-state index contributed by atoms with van der Waals surface area (Å²) in [6.07, 6.45) is 2.11. The Labute approximate surface area is 119 Å². The Morgan fingerprint density at radius 3 is 3.11 bits per heavy atom. The highest BCUT2D eigenvalue weighted by Crippen LogP contribution is 2.26. The second-order valence-corrected chi connectivity index (χ2v) is 5.64. The predicted octanol–water partition coefficient (Wildman–Crippen LogP) is 2.68. The molecule has 1 aliphatic rings. The van der Waals surface area contributed by atoms with Gasteiger partial charge in [-0.05, 0) is 47.4 Å². The smallest absolute Gasteiger partial charge is 0.287 e. The van der Waals surface area contributed by atoms with Crippen LogP contribution in [0.1, 0.15) is 23.4 Å². The first kappa shape index (κ1) is 12.7. The fourth-order valence-electron chi connectivity index (χ4n) is 2.37. The van der Waals surface area contributed by atoms with Crippen molar-refractivity contribution in [2.45, 2.75) is 18.9 Å². The van der Waals surface area contributed by atoms with Gasteiger partial charge in [0.15, 0.2) is 5.76 Å². The van der Waals surface area contributed by atoms with Gasteiger partial charge in [-0.25, -0.2) is 0 Å². The third-order valence-corrected chi connectivity index (χ3v) is 3.98. The maximum Gasteiger partial charge on any atom is 0.287 e. The number of hydrogen-bond donors (Lipinski definition) is 2. The van der Waals surface area contributed by atoms with Gasteiger partial charge in [0.25, 0.3) is 5.91 Å². The van der Waals surface area contributed by atoms with Gasteiger partial charge in [-0.1, -0.05) is 12.1 Å². The second-order valence-electron chi connectivity index (χ2n) is 4.79. The van der Waals surface area contributed by atoms with Crippen molar-refractivity contribution in [3.8, 4) is 0 Å². The van der Waals surface area contributed by atoms with E-state index in [0.717, 1.165) is 41.4 Å². The van der Waals surface area contributed by atoms with Crippen LogP contribution in [0.4, 0.5) is 0 Å². The van der Waals surface area contributed by atoms with Gasteiger partial charge in [0.1, 0.15) is 5.58 Å².